The molecular formula is C15H26O3Sr. The molecule has 0 fully saturated rings. The summed E-state index contributed by atoms with van der Waals surface area (Å²) in [5.41, 5.74) is 1.09. The molecule has 1 aromatic carbocycles. The van der Waals surface area contributed by atoms with Gasteiger partial charge in [-0.05, 0) is 24.5 Å². The zero-order chi connectivity index (χ0) is 11.6. The van der Waals surface area contributed by atoms with E-state index in [2.05, 4.69) is 6.92 Å². The van der Waals surface area contributed by atoms with Crippen LogP contribution in [0.4, 0.5) is 0 Å². The molecule has 0 saturated carbocycles. The molecule has 0 spiro atoms. The number of aryl methyl sites for hydroxylation is 1. The number of hydrogen-bond acceptors (Lipinski definition) is 3. The van der Waals surface area contributed by atoms with Crippen molar-refractivity contribution < 1.29 is 16.1 Å². The minimum atomic E-state index is 0. The van der Waals surface area contributed by atoms with Gasteiger partial charge in [-0.15, -0.1) is 0 Å². The maximum Gasteiger partial charge on any atom is 2.00 e. The number of unbranched alkanes of at least 4 members (excludes halogenated alkanes) is 6. The van der Waals surface area contributed by atoms with Gasteiger partial charge in [0.25, 0.3) is 0 Å². The van der Waals surface area contributed by atoms with Crippen molar-refractivity contribution in [2.24, 2.45) is 0 Å². The maximum atomic E-state index is 9.58. The second kappa shape index (κ2) is 16.5. The van der Waals surface area contributed by atoms with E-state index in [1.165, 1.54) is 44.9 Å². The Morgan fingerprint density at radius 1 is 0.842 bits per heavy atom. The summed E-state index contributed by atoms with van der Waals surface area (Å²) in [6.07, 6.45) is 10.3. The van der Waals surface area contributed by atoms with Crippen LogP contribution in [-0.2, 0) is 6.42 Å². The first kappa shape index (κ1) is 24.4. The van der Waals surface area contributed by atoms with E-state index in [0.29, 0.717) is 5.75 Å². The van der Waals surface area contributed by atoms with Crippen LogP contribution in [0.15, 0.2) is 24.3 Å². The summed E-state index contributed by atoms with van der Waals surface area (Å²) in [6, 6.07) is 7.67. The topological polar surface area (TPSA) is 80.2 Å². The third-order valence-corrected chi connectivity index (χ3v) is 3.04. The fourth-order valence-corrected chi connectivity index (χ4v) is 1.99. The fourth-order valence-electron chi connectivity index (χ4n) is 1.99. The van der Waals surface area contributed by atoms with Crippen LogP contribution in [0, 0.1) is 0 Å². The first-order valence-electron chi connectivity index (χ1n) is 6.61. The number of hydrogen-bond donors (Lipinski definition) is 1. The zero-order valence-electron chi connectivity index (χ0n) is 12.0. The summed E-state index contributed by atoms with van der Waals surface area (Å²) in [6.45, 7) is 2.25. The van der Waals surface area contributed by atoms with Crippen LogP contribution in [0.2, 0.25) is 0 Å². The van der Waals surface area contributed by atoms with E-state index in [-0.39, 0.29) is 56.4 Å². The molecule has 0 aliphatic rings. The molecular weight excluding hydrogens is 316 g/mol. The zero-order valence-corrected chi connectivity index (χ0v) is 15.5. The summed E-state index contributed by atoms with van der Waals surface area (Å²) in [5.74, 6) is 0.452. The van der Waals surface area contributed by atoms with Gasteiger partial charge in [-0.2, -0.15) is 0 Å². The van der Waals surface area contributed by atoms with Gasteiger partial charge < -0.3 is 16.1 Å². The van der Waals surface area contributed by atoms with Crippen molar-refractivity contribution >= 4 is 45.5 Å². The molecule has 0 heterocycles. The SMILES string of the molecule is CCCCCCCCCc1ccccc1O.[OH-].[OH-].[Sr+2]. The van der Waals surface area contributed by atoms with Gasteiger partial charge >= 0.3 is 45.5 Å². The molecule has 19 heavy (non-hydrogen) atoms. The van der Waals surface area contributed by atoms with Crippen molar-refractivity contribution in [3.63, 3.8) is 0 Å². The molecule has 0 aliphatic carbocycles. The van der Waals surface area contributed by atoms with Crippen molar-refractivity contribution in [3.05, 3.63) is 29.8 Å². The van der Waals surface area contributed by atoms with E-state index in [4.69, 9.17) is 0 Å². The molecule has 3 N–H and O–H groups in total. The Balaban J connectivity index is -0.000000853. The van der Waals surface area contributed by atoms with E-state index in [1.54, 1.807) is 6.07 Å². The van der Waals surface area contributed by atoms with Gasteiger partial charge in [0, 0.05) is 0 Å². The minimum Gasteiger partial charge on any atom is -0.870 e. The molecule has 4 heteroatoms. The Kier molecular flexibility index (Phi) is 21.2. The van der Waals surface area contributed by atoms with Gasteiger partial charge in [-0.25, -0.2) is 0 Å². The van der Waals surface area contributed by atoms with Gasteiger partial charge in [0.2, 0.25) is 0 Å². The van der Waals surface area contributed by atoms with E-state index >= 15 is 0 Å². The molecule has 106 valence electrons. The standard InChI is InChI=1S/C15H24O.2H2O.Sr/c1-2-3-4-5-6-7-8-11-14-12-9-10-13-15(14)16;;;/h9-10,12-13,16H,2-8,11H2,1H3;2*1H2;/q;;;+2/p-2. The Bertz CT molecular complexity index is 292. The molecule has 0 atom stereocenters. The largest absolute Gasteiger partial charge is 2.00 e. The number of phenolic OH excluding ortho intramolecular Hbond substituents is 1. The Morgan fingerprint density at radius 3 is 1.95 bits per heavy atom. The van der Waals surface area contributed by atoms with Crippen LogP contribution < -0.4 is 0 Å². The molecule has 0 bridgehead atoms. The summed E-state index contributed by atoms with van der Waals surface area (Å²) >= 11 is 0. The van der Waals surface area contributed by atoms with Gasteiger partial charge in [0.15, 0.2) is 0 Å². The predicted octanol–water partition coefficient (Wildman–Crippen LogP) is 3.95. The average molecular weight is 342 g/mol. The third kappa shape index (κ3) is 11.9. The number of aromatic hydroxyl groups is 1. The third-order valence-electron chi connectivity index (χ3n) is 3.04. The molecule has 3 nitrogen and oxygen atoms in total. The van der Waals surface area contributed by atoms with E-state index < -0.39 is 0 Å². The summed E-state index contributed by atoms with van der Waals surface area (Å²) in [7, 11) is 0. The van der Waals surface area contributed by atoms with Crippen LogP contribution in [-0.4, -0.2) is 61.5 Å². The van der Waals surface area contributed by atoms with Crippen LogP contribution in [0.1, 0.15) is 57.4 Å². The second-order valence-electron chi connectivity index (χ2n) is 4.50. The predicted molar refractivity (Wildman–Crippen MR) is 79.4 cm³/mol. The van der Waals surface area contributed by atoms with Gasteiger partial charge in [0.05, 0.1) is 0 Å². The fraction of sp³-hybridized carbons (Fsp3) is 0.600. The van der Waals surface area contributed by atoms with Gasteiger partial charge in [-0.3, -0.25) is 0 Å². The molecule has 0 aliphatic heterocycles. The molecule has 0 amide bonds. The van der Waals surface area contributed by atoms with Crippen LogP contribution >= 0.6 is 0 Å². The Labute approximate surface area is 154 Å². The van der Waals surface area contributed by atoms with E-state index in [9.17, 15) is 5.11 Å². The smallest absolute Gasteiger partial charge is 0.870 e. The minimum absolute atomic E-state index is 0. The Morgan fingerprint density at radius 2 is 1.37 bits per heavy atom. The van der Waals surface area contributed by atoms with Crippen molar-refractivity contribution in [2.75, 3.05) is 0 Å². The van der Waals surface area contributed by atoms with Crippen LogP contribution in [0.3, 0.4) is 0 Å². The normalized spacial score (nSPS) is 8.89. The first-order chi connectivity index (χ1) is 7.84. The first-order valence-corrected chi connectivity index (χ1v) is 6.61. The van der Waals surface area contributed by atoms with E-state index in [0.717, 1.165) is 12.0 Å². The van der Waals surface area contributed by atoms with Crippen LogP contribution in [0.25, 0.3) is 0 Å². The summed E-state index contributed by atoms with van der Waals surface area (Å²) in [4.78, 5) is 0. The summed E-state index contributed by atoms with van der Waals surface area (Å²) < 4.78 is 0. The number of benzene rings is 1. The molecule has 0 radical (unpaired) electrons. The van der Waals surface area contributed by atoms with Gasteiger partial charge in [-0.1, -0.05) is 63.6 Å². The monoisotopic (exact) mass is 342 g/mol. The molecule has 1 rings (SSSR count). The van der Waals surface area contributed by atoms with Crippen molar-refractivity contribution in [3.8, 4) is 5.75 Å². The number of rotatable bonds is 8. The average Bonchev–Trinajstić information content (AvgIpc) is 2.30. The quantitative estimate of drug-likeness (QED) is 0.574. The van der Waals surface area contributed by atoms with Crippen molar-refractivity contribution in [1.29, 1.82) is 0 Å². The number of para-hydroxylation sites is 1. The summed E-state index contributed by atoms with van der Waals surface area (Å²) in [5, 5.41) is 9.58. The Hall–Kier alpha value is 0.421. The number of phenols is 1. The molecule has 0 aromatic heterocycles. The second-order valence-corrected chi connectivity index (χ2v) is 4.50. The van der Waals surface area contributed by atoms with Crippen LogP contribution in [0.5, 0.6) is 5.75 Å². The molecule has 0 unspecified atom stereocenters. The van der Waals surface area contributed by atoms with E-state index in [1.807, 2.05) is 18.2 Å². The van der Waals surface area contributed by atoms with Gasteiger partial charge in [0.1, 0.15) is 5.75 Å². The van der Waals surface area contributed by atoms with Crippen molar-refractivity contribution in [2.45, 2.75) is 58.3 Å². The van der Waals surface area contributed by atoms with Crippen molar-refractivity contribution in [1.82, 2.24) is 0 Å². The maximum absolute atomic E-state index is 9.58. The molecule has 0 saturated heterocycles. The molecule has 1 aromatic rings.